The van der Waals surface area contributed by atoms with Crippen molar-refractivity contribution >= 4 is 21.4 Å². The van der Waals surface area contributed by atoms with Crippen molar-refractivity contribution in [2.75, 3.05) is 0 Å². The average molecular weight is 302 g/mol. The molecule has 8 heteroatoms. The Morgan fingerprint density at radius 2 is 2.21 bits per heavy atom. The second-order valence-electron chi connectivity index (χ2n) is 4.02. The molecule has 2 N–H and O–H groups in total. The lowest BCUT2D eigenvalue weighted by molar-refractivity contribution is 0.285. The molecule has 0 amide bonds. The summed E-state index contributed by atoms with van der Waals surface area (Å²) in [5.74, 6) is 0.945. The van der Waals surface area contributed by atoms with Crippen LogP contribution in [0.25, 0.3) is 0 Å². The Bertz CT molecular complexity index is 673. The molecule has 0 spiro atoms. The van der Waals surface area contributed by atoms with Crippen LogP contribution in [0.4, 0.5) is 0 Å². The lowest BCUT2D eigenvalue weighted by Crippen LogP contribution is -2.22. The van der Waals surface area contributed by atoms with Crippen molar-refractivity contribution in [3.63, 3.8) is 0 Å². The van der Waals surface area contributed by atoms with Gasteiger partial charge in [0.2, 0.25) is 5.89 Å². The zero-order valence-electron chi connectivity index (χ0n) is 10.5. The van der Waals surface area contributed by atoms with E-state index in [9.17, 15) is 8.42 Å². The van der Waals surface area contributed by atoms with Gasteiger partial charge in [-0.15, -0.1) is 11.3 Å². The molecule has 104 valence electrons. The van der Waals surface area contributed by atoms with Crippen molar-refractivity contribution in [3.05, 3.63) is 34.4 Å². The third-order valence-corrected chi connectivity index (χ3v) is 5.59. The van der Waals surface area contributed by atoms with Gasteiger partial charge in [-0.05, 0) is 25.5 Å². The summed E-state index contributed by atoms with van der Waals surface area (Å²) in [6.07, 6.45) is 1.53. The predicted molar refractivity (Wildman–Crippen MR) is 70.2 cm³/mol. The maximum atomic E-state index is 12.0. The predicted octanol–water partition coefficient (Wildman–Crippen LogP) is 1.32. The molecule has 0 aromatic carbocycles. The quantitative estimate of drug-likeness (QED) is 0.869. The highest BCUT2D eigenvalue weighted by Crippen LogP contribution is 2.25. The molecule has 0 saturated carbocycles. The van der Waals surface area contributed by atoms with Crippen LogP contribution in [-0.2, 0) is 23.2 Å². The van der Waals surface area contributed by atoms with Crippen molar-refractivity contribution in [1.29, 1.82) is 0 Å². The Kier molecular flexibility index (Phi) is 4.04. The first-order chi connectivity index (χ1) is 8.92. The van der Waals surface area contributed by atoms with Crippen molar-refractivity contribution in [2.45, 2.75) is 31.2 Å². The van der Waals surface area contributed by atoms with E-state index in [1.54, 1.807) is 19.9 Å². The minimum Gasteiger partial charge on any atom is -0.445 e. The summed E-state index contributed by atoms with van der Waals surface area (Å²) in [7, 11) is -3.60. The number of hydrogen-bond acceptors (Lipinski definition) is 6. The topological polar surface area (TPSA) is 92.4 Å². The number of sulfonamides is 1. The molecule has 0 radical (unpaired) electrons. The maximum Gasteiger partial charge on any atom is 0.250 e. The number of aliphatic hydroxyl groups is 1. The number of hydrogen-bond donors (Lipinski definition) is 2. The van der Waals surface area contributed by atoms with Crippen LogP contribution in [0.2, 0.25) is 0 Å². The van der Waals surface area contributed by atoms with E-state index in [2.05, 4.69) is 9.71 Å². The van der Waals surface area contributed by atoms with E-state index in [1.165, 1.54) is 6.20 Å². The summed E-state index contributed by atoms with van der Waals surface area (Å²) in [6.45, 7) is 3.34. The van der Waals surface area contributed by atoms with E-state index in [0.717, 1.165) is 16.9 Å². The Morgan fingerprint density at radius 3 is 2.74 bits per heavy atom. The molecule has 0 atom stereocenters. The number of aromatic nitrogens is 1. The van der Waals surface area contributed by atoms with Gasteiger partial charge in [-0.2, -0.15) is 0 Å². The van der Waals surface area contributed by atoms with Crippen LogP contribution in [0.5, 0.6) is 0 Å². The summed E-state index contributed by atoms with van der Waals surface area (Å²) in [5.41, 5.74) is 0.764. The summed E-state index contributed by atoms with van der Waals surface area (Å²) in [4.78, 5) is 4.57. The molecule has 2 heterocycles. The molecule has 0 aliphatic rings. The van der Waals surface area contributed by atoms with Crippen molar-refractivity contribution < 1.29 is 17.9 Å². The van der Waals surface area contributed by atoms with E-state index < -0.39 is 10.0 Å². The summed E-state index contributed by atoms with van der Waals surface area (Å²) in [6, 6.07) is 1.54. The van der Waals surface area contributed by atoms with Crippen LogP contribution in [0, 0.1) is 13.8 Å². The van der Waals surface area contributed by atoms with Gasteiger partial charge in [0.25, 0.3) is 10.0 Å². The van der Waals surface area contributed by atoms with Gasteiger partial charge >= 0.3 is 0 Å². The molecule has 2 aromatic rings. The lowest BCUT2D eigenvalue weighted by atomic mass is 10.3. The fourth-order valence-electron chi connectivity index (χ4n) is 1.49. The maximum absolute atomic E-state index is 12.0. The highest BCUT2D eigenvalue weighted by molar-refractivity contribution is 7.91. The third kappa shape index (κ3) is 3.21. The molecular weight excluding hydrogens is 288 g/mol. The first-order valence-corrected chi connectivity index (χ1v) is 7.83. The highest BCUT2D eigenvalue weighted by Gasteiger charge is 2.19. The van der Waals surface area contributed by atoms with Gasteiger partial charge in [0.1, 0.15) is 9.97 Å². The SMILES string of the molecule is Cc1cnc(CNS(=O)(=O)c2cc(C)c(CO)s2)o1. The van der Waals surface area contributed by atoms with Gasteiger partial charge in [-0.25, -0.2) is 18.1 Å². The second kappa shape index (κ2) is 5.41. The average Bonchev–Trinajstić information content (AvgIpc) is 2.93. The number of thiophene rings is 1. The smallest absolute Gasteiger partial charge is 0.250 e. The Balaban J connectivity index is 2.13. The van der Waals surface area contributed by atoms with Crippen LogP contribution < -0.4 is 4.72 Å². The molecule has 0 fully saturated rings. The largest absolute Gasteiger partial charge is 0.445 e. The van der Waals surface area contributed by atoms with Gasteiger partial charge < -0.3 is 9.52 Å². The minimum absolute atomic E-state index is 0.00157. The summed E-state index contributed by atoms with van der Waals surface area (Å²) >= 11 is 1.06. The number of nitrogens with zero attached hydrogens (tertiary/aromatic N) is 1. The third-order valence-electron chi connectivity index (χ3n) is 2.49. The monoisotopic (exact) mass is 302 g/mol. The van der Waals surface area contributed by atoms with E-state index in [4.69, 9.17) is 9.52 Å². The van der Waals surface area contributed by atoms with E-state index in [0.29, 0.717) is 16.5 Å². The van der Waals surface area contributed by atoms with E-state index >= 15 is 0 Å². The van der Waals surface area contributed by atoms with Crippen LogP contribution in [0.15, 0.2) is 20.9 Å². The molecular formula is C11H14N2O4S2. The van der Waals surface area contributed by atoms with Crippen LogP contribution in [0.3, 0.4) is 0 Å². The van der Waals surface area contributed by atoms with Gasteiger partial charge in [-0.1, -0.05) is 0 Å². The second-order valence-corrected chi connectivity index (χ2v) is 7.15. The molecule has 0 aliphatic carbocycles. The van der Waals surface area contributed by atoms with Gasteiger partial charge in [-0.3, -0.25) is 0 Å². The summed E-state index contributed by atoms with van der Waals surface area (Å²) in [5, 5.41) is 9.08. The number of nitrogens with one attached hydrogen (secondary N) is 1. The minimum atomic E-state index is -3.60. The van der Waals surface area contributed by atoms with Gasteiger partial charge in [0, 0.05) is 4.88 Å². The molecule has 6 nitrogen and oxygen atoms in total. The Morgan fingerprint density at radius 1 is 1.47 bits per heavy atom. The molecule has 0 unspecified atom stereocenters. The molecule has 19 heavy (non-hydrogen) atoms. The number of aryl methyl sites for hydroxylation is 2. The first kappa shape index (κ1) is 14.2. The standard InChI is InChI=1S/C11H14N2O4S2/c1-7-3-11(18-9(7)6-14)19(15,16)13-5-10-12-4-8(2)17-10/h3-4,13-14H,5-6H2,1-2H3. The fraction of sp³-hybridized carbons (Fsp3) is 0.364. The molecule has 0 aliphatic heterocycles. The zero-order valence-corrected chi connectivity index (χ0v) is 12.1. The van der Waals surface area contributed by atoms with Gasteiger partial charge in [0.15, 0.2) is 0 Å². The molecule has 0 bridgehead atoms. The fourth-order valence-corrected chi connectivity index (χ4v) is 3.96. The van der Waals surface area contributed by atoms with Crippen molar-refractivity contribution in [3.8, 4) is 0 Å². The molecule has 0 saturated heterocycles. The lowest BCUT2D eigenvalue weighted by Gasteiger charge is -2.01. The van der Waals surface area contributed by atoms with Crippen LogP contribution in [-0.4, -0.2) is 18.5 Å². The van der Waals surface area contributed by atoms with Gasteiger partial charge in [0.05, 0.1) is 19.3 Å². The van der Waals surface area contributed by atoms with Crippen molar-refractivity contribution in [1.82, 2.24) is 9.71 Å². The zero-order chi connectivity index (χ0) is 14.0. The summed E-state index contributed by atoms with van der Waals surface area (Å²) < 4.78 is 31.9. The first-order valence-electron chi connectivity index (χ1n) is 5.53. The van der Waals surface area contributed by atoms with E-state index in [-0.39, 0.29) is 17.4 Å². The Hall–Kier alpha value is -1.22. The van der Waals surface area contributed by atoms with Crippen molar-refractivity contribution in [2.24, 2.45) is 0 Å². The van der Waals surface area contributed by atoms with Crippen LogP contribution in [0.1, 0.15) is 22.1 Å². The molecule has 2 aromatic heterocycles. The molecule has 2 rings (SSSR count). The number of oxazole rings is 1. The number of aliphatic hydroxyl groups excluding tert-OH is 1. The Labute approximate surface area is 115 Å². The van der Waals surface area contributed by atoms with Crippen LogP contribution >= 0.6 is 11.3 Å². The highest BCUT2D eigenvalue weighted by atomic mass is 32.2. The normalized spacial score (nSPS) is 11.9. The van der Waals surface area contributed by atoms with E-state index in [1.807, 2.05) is 0 Å². The number of rotatable bonds is 5.